The third kappa shape index (κ3) is 3.02. The summed E-state index contributed by atoms with van der Waals surface area (Å²) in [6, 6.07) is 32.4. The average Bonchev–Trinajstić information content (AvgIpc) is 2.69. The molecule has 4 aromatic rings. The summed E-state index contributed by atoms with van der Waals surface area (Å²) in [6.07, 6.45) is 0. The van der Waals surface area contributed by atoms with Crippen molar-refractivity contribution in [1.82, 2.24) is 0 Å². The molecule has 1 amide bonds. The highest BCUT2D eigenvalue weighted by Gasteiger charge is 2.13. The van der Waals surface area contributed by atoms with Crippen LogP contribution in [0.4, 0.5) is 5.69 Å². The minimum atomic E-state index is -0.121. The number of amides is 1. The second-order valence-electron chi connectivity index (χ2n) is 5.80. The topological polar surface area (TPSA) is 29.1 Å². The fourth-order valence-electron chi connectivity index (χ4n) is 3.00. The lowest BCUT2D eigenvalue weighted by Gasteiger charge is -2.12. The van der Waals surface area contributed by atoms with E-state index < -0.39 is 0 Å². The zero-order valence-electron chi connectivity index (χ0n) is 13.6. The van der Waals surface area contributed by atoms with Gasteiger partial charge in [0.05, 0.1) is 0 Å². The lowest BCUT2D eigenvalue weighted by Crippen LogP contribution is -2.13. The Bertz CT molecular complexity index is 1030. The zero-order valence-corrected chi connectivity index (χ0v) is 13.6. The van der Waals surface area contributed by atoms with Gasteiger partial charge in [-0.15, -0.1) is 0 Å². The molecule has 0 heterocycles. The van der Waals surface area contributed by atoms with Gasteiger partial charge in [0.15, 0.2) is 0 Å². The molecule has 4 aromatic carbocycles. The molecule has 1 N–H and O–H groups in total. The first kappa shape index (κ1) is 15.2. The van der Waals surface area contributed by atoms with Gasteiger partial charge in [-0.3, -0.25) is 4.79 Å². The number of hydrogen-bond acceptors (Lipinski definition) is 1. The first-order valence-corrected chi connectivity index (χ1v) is 8.18. The number of carbonyl (C=O) groups excluding carboxylic acids is 1. The molecule has 0 spiro atoms. The van der Waals surface area contributed by atoms with Crippen molar-refractivity contribution < 1.29 is 4.79 Å². The van der Waals surface area contributed by atoms with Gasteiger partial charge < -0.3 is 5.32 Å². The van der Waals surface area contributed by atoms with Crippen molar-refractivity contribution in [1.29, 1.82) is 0 Å². The molecule has 0 saturated heterocycles. The van der Waals surface area contributed by atoms with Crippen molar-refractivity contribution in [3.05, 3.63) is 103 Å². The number of carbonyl (C=O) groups is 1. The Morgan fingerprint density at radius 2 is 1.52 bits per heavy atom. The smallest absolute Gasteiger partial charge is 0.256 e. The van der Waals surface area contributed by atoms with Crippen LogP contribution >= 0.6 is 0 Å². The Balaban J connectivity index is 1.73. The maximum Gasteiger partial charge on any atom is 0.256 e. The number of benzene rings is 4. The lowest BCUT2D eigenvalue weighted by molar-refractivity contribution is 0.102. The maximum absolute atomic E-state index is 12.9. The molecule has 0 atom stereocenters. The van der Waals surface area contributed by atoms with E-state index in [-0.39, 0.29) is 5.91 Å². The molecule has 119 valence electrons. The van der Waals surface area contributed by atoms with E-state index in [2.05, 4.69) is 11.4 Å². The van der Waals surface area contributed by atoms with Gasteiger partial charge in [0.1, 0.15) is 0 Å². The minimum absolute atomic E-state index is 0.121. The number of nitrogens with one attached hydrogen (secondary N) is 1. The van der Waals surface area contributed by atoms with Crippen molar-refractivity contribution in [2.24, 2.45) is 0 Å². The molecule has 25 heavy (non-hydrogen) atoms. The van der Waals surface area contributed by atoms with Crippen LogP contribution < -0.4 is 5.32 Å². The Hall–Kier alpha value is -3.39. The normalized spacial score (nSPS) is 10.6. The number of fused-ring (bicyclic) bond motifs is 1. The Morgan fingerprint density at radius 1 is 0.760 bits per heavy atom. The molecule has 4 rings (SSSR count). The Kier molecular flexibility index (Phi) is 4.01. The summed E-state index contributed by atoms with van der Waals surface area (Å²) in [5.41, 5.74) is 3.24. The van der Waals surface area contributed by atoms with E-state index in [9.17, 15) is 4.79 Å². The number of anilines is 1. The molecular formula is C23H16NO. The van der Waals surface area contributed by atoms with Crippen molar-refractivity contribution in [2.45, 2.75) is 0 Å². The average molecular weight is 322 g/mol. The van der Waals surface area contributed by atoms with Crippen LogP contribution in [-0.2, 0) is 0 Å². The van der Waals surface area contributed by atoms with Crippen molar-refractivity contribution in [3.8, 4) is 11.1 Å². The monoisotopic (exact) mass is 322 g/mol. The highest BCUT2D eigenvalue weighted by atomic mass is 16.1. The van der Waals surface area contributed by atoms with Gasteiger partial charge in [-0.2, -0.15) is 0 Å². The van der Waals surface area contributed by atoms with Crippen molar-refractivity contribution in [3.63, 3.8) is 0 Å². The number of hydrogen-bond donors (Lipinski definition) is 1. The van der Waals surface area contributed by atoms with Crippen LogP contribution in [0.2, 0.25) is 0 Å². The van der Waals surface area contributed by atoms with Gasteiger partial charge in [-0.25, -0.2) is 0 Å². The molecule has 2 nitrogen and oxygen atoms in total. The molecule has 0 aliphatic rings. The lowest BCUT2D eigenvalue weighted by atomic mass is 9.99. The van der Waals surface area contributed by atoms with E-state index in [1.165, 1.54) is 0 Å². The molecule has 1 radical (unpaired) electrons. The van der Waals surface area contributed by atoms with Crippen LogP contribution in [0.25, 0.3) is 21.9 Å². The largest absolute Gasteiger partial charge is 0.321 e. The maximum atomic E-state index is 12.9. The SMILES string of the molecule is O=C(Nc1cccc2ccccc12)c1ccccc1-c1[c]cccc1. The van der Waals surface area contributed by atoms with E-state index in [0.717, 1.165) is 27.6 Å². The summed E-state index contributed by atoms with van der Waals surface area (Å²) in [6.45, 7) is 0. The van der Waals surface area contributed by atoms with E-state index in [4.69, 9.17) is 0 Å². The van der Waals surface area contributed by atoms with Crippen LogP contribution in [0.15, 0.2) is 91.0 Å². The van der Waals surface area contributed by atoms with Crippen LogP contribution in [0.1, 0.15) is 10.4 Å². The quantitative estimate of drug-likeness (QED) is 0.526. The molecule has 0 aromatic heterocycles. The van der Waals surface area contributed by atoms with Crippen molar-refractivity contribution >= 4 is 22.4 Å². The fraction of sp³-hybridized carbons (Fsp3) is 0. The van der Waals surface area contributed by atoms with Gasteiger partial charge in [-0.05, 0) is 34.7 Å². The van der Waals surface area contributed by atoms with E-state index in [1.807, 2.05) is 91.0 Å². The van der Waals surface area contributed by atoms with Crippen molar-refractivity contribution in [2.75, 3.05) is 5.32 Å². The van der Waals surface area contributed by atoms with Gasteiger partial charge >= 0.3 is 0 Å². The zero-order chi connectivity index (χ0) is 17.1. The van der Waals surface area contributed by atoms with Crippen LogP contribution in [0.5, 0.6) is 0 Å². The molecular weight excluding hydrogens is 306 g/mol. The molecule has 0 unspecified atom stereocenters. The molecule has 0 saturated carbocycles. The molecule has 0 aliphatic carbocycles. The second-order valence-corrected chi connectivity index (χ2v) is 5.80. The standard InChI is InChI=1S/C23H16NO/c25-23(24-22-16-8-12-18-11-4-5-14-20(18)22)21-15-7-6-13-19(21)17-9-2-1-3-10-17/h1-9,11-16H,(H,24,25). The molecule has 0 bridgehead atoms. The van der Waals surface area contributed by atoms with Crippen LogP contribution in [-0.4, -0.2) is 5.91 Å². The van der Waals surface area contributed by atoms with Crippen LogP contribution in [0, 0.1) is 6.07 Å². The van der Waals surface area contributed by atoms with Gasteiger partial charge in [0.25, 0.3) is 5.91 Å². The fourth-order valence-corrected chi connectivity index (χ4v) is 3.00. The summed E-state index contributed by atoms with van der Waals surface area (Å²) in [5.74, 6) is -0.121. The minimum Gasteiger partial charge on any atom is -0.321 e. The summed E-state index contributed by atoms with van der Waals surface area (Å²) in [4.78, 5) is 12.9. The van der Waals surface area contributed by atoms with E-state index in [0.29, 0.717) is 5.56 Å². The van der Waals surface area contributed by atoms with Crippen LogP contribution in [0.3, 0.4) is 0 Å². The second kappa shape index (κ2) is 6.62. The predicted molar refractivity (Wildman–Crippen MR) is 103 cm³/mol. The first-order valence-electron chi connectivity index (χ1n) is 8.18. The first-order chi connectivity index (χ1) is 12.3. The van der Waals surface area contributed by atoms with Gasteiger partial charge in [0.2, 0.25) is 0 Å². The summed E-state index contributed by atoms with van der Waals surface area (Å²) < 4.78 is 0. The summed E-state index contributed by atoms with van der Waals surface area (Å²) >= 11 is 0. The highest BCUT2D eigenvalue weighted by Crippen LogP contribution is 2.26. The number of rotatable bonds is 3. The van der Waals surface area contributed by atoms with E-state index in [1.54, 1.807) is 0 Å². The highest BCUT2D eigenvalue weighted by molar-refractivity contribution is 6.12. The summed E-state index contributed by atoms with van der Waals surface area (Å²) in [5, 5.41) is 5.19. The third-order valence-corrected chi connectivity index (χ3v) is 4.21. The van der Waals surface area contributed by atoms with Gasteiger partial charge in [-0.1, -0.05) is 78.9 Å². The Labute approximate surface area is 146 Å². The summed E-state index contributed by atoms with van der Waals surface area (Å²) in [7, 11) is 0. The Morgan fingerprint density at radius 3 is 2.40 bits per heavy atom. The predicted octanol–water partition coefficient (Wildman–Crippen LogP) is 5.56. The van der Waals surface area contributed by atoms with E-state index >= 15 is 0 Å². The van der Waals surface area contributed by atoms with Gasteiger partial charge in [0, 0.05) is 16.6 Å². The third-order valence-electron chi connectivity index (χ3n) is 4.21. The molecule has 0 fully saturated rings. The molecule has 2 heteroatoms. The molecule has 0 aliphatic heterocycles.